The highest BCUT2D eigenvalue weighted by Gasteiger charge is 2.19. The first kappa shape index (κ1) is 13.6. The van der Waals surface area contributed by atoms with E-state index < -0.39 is 5.82 Å². The quantitative estimate of drug-likeness (QED) is 0.792. The first-order valence-electron chi connectivity index (χ1n) is 6.91. The van der Waals surface area contributed by atoms with Crippen LogP contribution in [0.2, 0.25) is 0 Å². The van der Waals surface area contributed by atoms with E-state index in [1.54, 1.807) is 6.07 Å². The van der Waals surface area contributed by atoms with Crippen molar-refractivity contribution in [2.45, 2.75) is 13.5 Å². The van der Waals surface area contributed by atoms with Crippen molar-refractivity contribution in [3.63, 3.8) is 0 Å². The third kappa shape index (κ3) is 2.75. The summed E-state index contributed by atoms with van der Waals surface area (Å²) in [6.45, 7) is 3.29. The Morgan fingerprint density at radius 3 is 2.86 bits per heavy atom. The first-order chi connectivity index (χ1) is 10.1. The van der Waals surface area contributed by atoms with Gasteiger partial charge < -0.3 is 9.64 Å². The minimum Gasteiger partial charge on any atom is -0.491 e. The van der Waals surface area contributed by atoms with Crippen LogP contribution in [-0.2, 0) is 6.54 Å². The maximum absolute atomic E-state index is 13.4. The number of Topliss-reactive ketones (excluding diaryl/α,β-unsaturated/α-hetero) is 1. The molecule has 3 rings (SSSR count). The number of rotatable bonds is 2. The lowest BCUT2D eigenvalue weighted by molar-refractivity contribution is 0.101. The van der Waals surface area contributed by atoms with Gasteiger partial charge in [0, 0.05) is 23.4 Å². The van der Waals surface area contributed by atoms with Gasteiger partial charge in [-0.25, -0.2) is 4.39 Å². The number of ether oxygens (including phenoxy) is 1. The molecule has 1 aliphatic heterocycles. The van der Waals surface area contributed by atoms with E-state index in [1.165, 1.54) is 19.1 Å². The molecule has 4 heteroatoms. The molecule has 0 N–H and O–H groups in total. The molecule has 0 atom stereocenters. The first-order valence-corrected chi connectivity index (χ1v) is 6.91. The molecule has 0 bridgehead atoms. The van der Waals surface area contributed by atoms with Crippen molar-refractivity contribution < 1.29 is 13.9 Å². The van der Waals surface area contributed by atoms with E-state index >= 15 is 0 Å². The second-order valence-electron chi connectivity index (χ2n) is 5.10. The van der Waals surface area contributed by atoms with E-state index in [1.807, 2.05) is 24.3 Å². The lowest BCUT2D eigenvalue weighted by Gasteiger charge is -2.24. The Bertz CT molecular complexity index is 684. The number of nitrogens with zero attached hydrogens (tertiary/aromatic N) is 1. The molecule has 0 amide bonds. The summed E-state index contributed by atoms with van der Waals surface area (Å²) in [5.41, 5.74) is 2.23. The molecule has 2 aromatic rings. The van der Waals surface area contributed by atoms with Gasteiger partial charge in [0.2, 0.25) is 0 Å². The average molecular weight is 285 g/mol. The van der Waals surface area contributed by atoms with Gasteiger partial charge in [-0.3, -0.25) is 4.79 Å². The van der Waals surface area contributed by atoms with Gasteiger partial charge >= 0.3 is 0 Å². The molecule has 21 heavy (non-hydrogen) atoms. The van der Waals surface area contributed by atoms with Crippen LogP contribution < -0.4 is 9.64 Å². The molecule has 2 aromatic carbocycles. The predicted molar refractivity (Wildman–Crippen MR) is 79.4 cm³/mol. The van der Waals surface area contributed by atoms with Crippen molar-refractivity contribution in [1.29, 1.82) is 0 Å². The average Bonchev–Trinajstić information content (AvgIpc) is 2.69. The highest BCUT2D eigenvalue weighted by atomic mass is 19.1. The van der Waals surface area contributed by atoms with E-state index in [9.17, 15) is 9.18 Å². The maximum Gasteiger partial charge on any atom is 0.161 e. The second kappa shape index (κ2) is 5.56. The number of carbonyl (C=O) groups is 1. The van der Waals surface area contributed by atoms with E-state index in [2.05, 4.69) is 4.90 Å². The minimum absolute atomic E-state index is 0.136. The van der Waals surface area contributed by atoms with Gasteiger partial charge in [-0.1, -0.05) is 18.2 Å². The van der Waals surface area contributed by atoms with Crippen LogP contribution >= 0.6 is 0 Å². The summed E-state index contributed by atoms with van der Waals surface area (Å²) < 4.78 is 19.1. The molecule has 108 valence electrons. The fourth-order valence-electron chi connectivity index (χ4n) is 2.60. The topological polar surface area (TPSA) is 29.5 Å². The number of halogens is 1. The molecule has 0 saturated heterocycles. The molecule has 3 nitrogen and oxygen atoms in total. The van der Waals surface area contributed by atoms with Crippen molar-refractivity contribution in [2.24, 2.45) is 0 Å². The molecule has 0 aliphatic carbocycles. The Balaban J connectivity index is 2.00. The number of benzene rings is 2. The Hall–Kier alpha value is -2.36. The molecule has 0 saturated carbocycles. The molecular weight excluding hydrogens is 269 g/mol. The van der Waals surface area contributed by atoms with E-state index in [-0.39, 0.29) is 5.78 Å². The number of ketones is 1. The third-order valence-corrected chi connectivity index (χ3v) is 3.63. The van der Waals surface area contributed by atoms with Gasteiger partial charge in [0.15, 0.2) is 5.78 Å². The van der Waals surface area contributed by atoms with Gasteiger partial charge in [-0.2, -0.15) is 0 Å². The highest BCUT2D eigenvalue weighted by Crippen LogP contribution is 2.28. The Labute approximate surface area is 123 Å². The number of hydrogen-bond donors (Lipinski definition) is 0. The SMILES string of the molecule is CC(=O)c1cc(F)ccc1N1CCOc2ccccc2C1. The second-order valence-corrected chi connectivity index (χ2v) is 5.10. The number of anilines is 1. The number of fused-ring (bicyclic) bond motifs is 1. The van der Waals surface area contributed by atoms with Gasteiger partial charge in [-0.15, -0.1) is 0 Å². The highest BCUT2D eigenvalue weighted by molar-refractivity contribution is 5.99. The van der Waals surface area contributed by atoms with Crippen molar-refractivity contribution in [1.82, 2.24) is 0 Å². The van der Waals surface area contributed by atoms with E-state index in [0.29, 0.717) is 25.3 Å². The van der Waals surface area contributed by atoms with Gasteiger partial charge in [0.05, 0.1) is 6.54 Å². The molecule has 0 aromatic heterocycles. The van der Waals surface area contributed by atoms with Crippen molar-refractivity contribution in [3.8, 4) is 5.75 Å². The van der Waals surface area contributed by atoms with Crippen LogP contribution in [-0.4, -0.2) is 18.9 Å². The summed E-state index contributed by atoms with van der Waals surface area (Å²) in [6, 6.07) is 12.2. The zero-order valence-electron chi connectivity index (χ0n) is 11.8. The van der Waals surface area contributed by atoms with Crippen LogP contribution in [0.1, 0.15) is 22.8 Å². The van der Waals surface area contributed by atoms with Gasteiger partial charge in [-0.05, 0) is 31.2 Å². The number of hydrogen-bond acceptors (Lipinski definition) is 3. The van der Waals surface area contributed by atoms with Crippen LogP contribution in [0.4, 0.5) is 10.1 Å². The van der Waals surface area contributed by atoms with Gasteiger partial charge in [0.25, 0.3) is 0 Å². The zero-order valence-corrected chi connectivity index (χ0v) is 11.8. The minimum atomic E-state index is -0.393. The van der Waals surface area contributed by atoms with Crippen LogP contribution in [0.3, 0.4) is 0 Å². The molecule has 0 spiro atoms. The van der Waals surface area contributed by atoms with Crippen molar-refractivity contribution in [2.75, 3.05) is 18.1 Å². The summed E-state index contributed by atoms with van der Waals surface area (Å²) in [7, 11) is 0. The fourth-order valence-corrected chi connectivity index (χ4v) is 2.60. The van der Waals surface area contributed by atoms with Crippen molar-refractivity contribution in [3.05, 3.63) is 59.4 Å². The monoisotopic (exact) mass is 285 g/mol. The predicted octanol–water partition coefficient (Wildman–Crippen LogP) is 3.43. The third-order valence-electron chi connectivity index (χ3n) is 3.63. The molecule has 1 aliphatic rings. The fraction of sp³-hybridized carbons (Fsp3) is 0.235. The van der Waals surface area contributed by atoms with E-state index in [4.69, 9.17) is 4.74 Å². The smallest absolute Gasteiger partial charge is 0.161 e. The Kier molecular flexibility index (Phi) is 3.60. The van der Waals surface area contributed by atoms with Gasteiger partial charge in [0.1, 0.15) is 18.2 Å². The van der Waals surface area contributed by atoms with Crippen molar-refractivity contribution >= 4 is 11.5 Å². The van der Waals surface area contributed by atoms with Crippen LogP contribution in [0, 0.1) is 5.82 Å². The number of para-hydroxylation sites is 1. The summed E-state index contributed by atoms with van der Waals surface area (Å²) in [5.74, 6) is 0.338. The lowest BCUT2D eigenvalue weighted by atomic mass is 10.1. The Morgan fingerprint density at radius 1 is 1.24 bits per heavy atom. The summed E-state index contributed by atoms with van der Waals surface area (Å²) in [4.78, 5) is 13.8. The molecular formula is C17H16FNO2. The van der Waals surface area contributed by atoms with Crippen LogP contribution in [0.15, 0.2) is 42.5 Å². The molecule has 0 radical (unpaired) electrons. The standard InChI is InChI=1S/C17H16FNO2/c1-12(20)15-10-14(18)6-7-16(15)19-8-9-21-17-5-3-2-4-13(17)11-19/h2-7,10H,8-9,11H2,1H3. The molecule has 0 unspecified atom stereocenters. The summed E-state index contributed by atoms with van der Waals surface area (Å²) in [6.07, 6.45) is 0. The summed E-state index contributed by atoms with van der Waals surface area (Å²) >= 11 is 0. The van der Waals surface area contributed by atoms with Crippen LogP contribution in [0.25, 0.3) is 0 Å². The number of carbonyl (C=O) groups excluding carboxylic acids is 1. The zero-order chi connectivity index (χ0) is 14.8. The summed E-state index contributed by atoms with van der Waals surface area (Å²) in [5, 5.41) is 0. The maximum atomic E-state index is 13.4. The molecule has 0 fully saturated rings. The normalized spacial score (nSPS) is 14.1. The lowest BCUT2D eigenvalue weighted by Crippen LogP contribution is -2.26. The van der Waals surface area contributed by atoms with E-state index in [0.717, 1.165) is 17.0 Å². The molecule has 1 heterocycles. The largest absolute Gasteiger partial charge is 0.491 e. The Morgan fingerprint density at radius 2 is 2.05 bits per heavy atom. The van der Waals surface area contributed by atoms with Crippen LogP contribution in [0.5, 0.6) is 5.75 Å².